The molecule has 1 atom stereocenters. The van der Waals surface area contributed by atoms with Gasteiger partial charge in [-0.2, -0.15) is 4.98 Å². The largest absolute Gasteiger partial charge is 0.339 e. The summed E-state index contributed by atoms with van der Waals surface area (Å²) < 4.78 is 5.20. The van der Waals surface area contributed by atoms with Crippen LogP contribution in [0.1, 0.15) is 63.7 Å². The third-order valence-corrected chi connectivity index (χ3v) is 5.42. The molecule has 6 heteroatoms. The molecule has 1 unspecified atom stereocenters. The van der Waals surface area contributed by atoms with Crippen LogP contribution >= 0.6 is 11.8 Å². The van der Waals surface area contributed by atoms with Crippen LogP contribution in [0.15, 0.2) is 27.6 Å². The number of hydrogen-bond acceptors (Lipinski definition) is 5. The maximum Gasteiger partial charge on any atom is 0.226 e. The average molecular weight is 376 g/mol. The highest BCUT2D eigenvalue weighted by atomic mass is 32.2. The molecule has 5 nitrogen and oxygen atoms in total. The quantitative estimate of drug-likeness (QED) is 0.579. The van der Waals surface area contributed by atoms with Gasteiger partial charge in [-0.25, -0.2) is 0 Å². The lowest BCUT2D eigenvalue weighted by Gasteiger charge is -2.12. The summed E-state index contributed by atoms with van der Waals surface area (Å²) in [5, 5.41) is 7.53. The molecule has 0 saturated carbocycles. The maximum atomic E-state index is 12.2. The van der Waals surface area contributed by atoms with E-state index in [0.29, 0.717) is 30.4 Å². The van der Waals surface area contributed by atoms with Crippen LogP contribution < -0.4 is 5.32 Å². The van der Waals surface area contributed by atoms with Gasteiger partial charge in [-0.3, -0.25) is 4.79 Å². The first-order valence-corrected chi connectivity index (χ1v) is 10.3. The van der Waals surface area contributed by atoms with E-state index in [9.17, 15) is 4.79 Å². The monoisotopic (exact) mass is 375 g/mol. The first-order valence-electron chi connectivity index (χ1n) is 9.40. The van der Waals surface area contributed by atoms with Crippen molar-refractivity contribution < 1.29 is 9.32 Å². The summed E-state index contributed by atoms with van der Waals surface area (Å²) in [7, 11) is 0. The second-order valence-corrected chi connectivity index (χ2v) is 8.08. The van der Waals surface area contributed by atoms with Crippen molar-refractivity contribution in [3.8, 4) is 0 Å². The molecule has 2 aromatic rings. The van der Waals surface area contributed by atoms with Crippen molar-refractivity contribution in [1.82, 2.24) is 10.1 Å². The van der Waals surface area contributed by atoms with E-state index < -0.39 is 0 Å². The first-order chi connectivity index (χ1) is 12.5. The van der Waals surface area contributed by atoms with Crippen LogP contribution in [-0.2, 0) is 17.6 Å². The average Bonchev–Trinajstić information content (AvgIpc) is 3.05. The Bertz CT molecular complexity index is 715. The predicted octanol–water partition coefficient (Wildman–Crippen LogP) is 5.18. The number of benzene rings is 1. The normalized spacial score (nSPS) is 12.2. The van der Waals surface area contributed by atoms with Crippen molar-refractivity contribution in [3.63, 3.8) is 0 Å². The number of hydrogen-bond donors (Lipinski definition) is 1. The van der Waals surface area contributed by atoms with Gasteiger partial charge in [0.05, 0.1) is 0 Å². The molecule has 1 N–H and O–H groups in total. The standard InChI is InChI=1S/C20H29N3O2S/c1-5-8-18-22-20(25-23-18)10-7-9-19(24)21-17-12-11-16(13-14(17)3)26-15(4)6-2/h11-13,15H,5-10H2,1-4H3,(H,21,24). The molecular weight excluding hydrogens is 346 g/mol. The molecule has 142 valence electrons. The molecule has 1 amide bonds. The lowest BCUT2D eigenvalue weighted by molar-refractivity contribution is -0.116. The van der Waals surface area contributed by atoms with Crippen LogP contribution in [0.2, 0.25) is 0 Å². The molecule has 0 fully saturated rings. The van der Waals surface area contributed by atoms with Crippen molar-refractivity contribution in [1.29, 1.82) is 0 Å². The molecule has 0 spiro atoms. The Morgan fingerprint density at radius 2 is 2.12 bits per heavy atom. The van der Waals surface area contributed by atoms with Gasteiger partial charge in [0.2, 0.25) is 11.8 Å². The molecule has 0 saturated heterocycles. The number of amides is 1. The van der Waals surface area contributed by atoms with Crippen molar-refractivity contribution in [2.24, 2.45) is 0 Å². The van der Waals surface area contributed by atoms with Gasteiger partial charge in [0.1, 0.15) is 0 Å². The zero-order valence-corrected chi connectivity index (χ0v) is 17.0. The molecular formula is C20H29N3O2S. The minimum atomic E-state index is 0.0173. The number of thioether (sulfide) groups is 1. The van der Waals surface area contributed by atoms with E-state index in [4.69, 9.17) is 4.52 Å². The van der Waals surface area contributed by atoms with E-state index in [1.807, 2.05) is 24.8 Å². The van der Waals surface area contributed by atoms with Crippen LogP contribution in [0.3, 0.4) is 0 Å². The number of nitrogens with one attached hydrogen (secondary N) is 1. The van der Waals surface area contributed by atoms with Gasteiger partial charge in [0, 0.05) is 35.1 Å². The van der Waals surface area contributed by atoms with E-state index >= 15 is 0 Å². The summed E-state index contributed by atoms with van der Waals surface area (Å²) in [6.45, 7) is 8.53. The smallest absolute Gasteiger partial charge is 0.226 e. The van der Waals surface area contributed by atoms with Gasteiger partial charge in [0.15, 0.2) is 5.82 Å². The van der Waals surface area contributed by atoms with Crippen LogP contribution in [0, 0.1) is 6.92 Å². The highest BCUT2D eigenvalue weighted by Gasteiger charge is 2.10. The van der Waals surface area contributed by atoms with E-state index in [0.717, 1.165) is 36.3 Å². The zero-order chi connectivity index (χ0) is 18.9. The second kappa shape index (κ2) is 10.4. The Hall–Kier alpha value is -1.82. The summed E-state index contributed by atoms with van der Waals surface area (Å²) in [5.74, 6) is 1.38. The van der Waals surface area contributed by atoms with E-state index in [2.05, 4.69) is 48.4 Å². The summed E-state index contributed by atoms with van der Waals surface area (Å²) >= 11 is 1.87. The zero-order valence-electron chi connectivity index (χ0n) is 16.2. The van der Waals surface area contributed by atoms with Gasteiger partial charge >= 0.3 is 0 Å². The highest BCUT2D eigenvalue weighted by molar-refractivity contribution is 7.99. The Kier molecular flexibility index (Phi) is 8.16. The van der Waals surface area contributed by atoms with Crippen LogP contribution in [0.5, 0.6) is 0 Å². The van der Waals surface area contributed by atoms with Crippen LogP contribution in [-0.4, -0.2) is 21.3 Å². The van der Waals surface area contributed by atoms with E-state index in [1.54, 1.807) is 0 Å². The molecule has 1 aromatic heterocycles. The SMILES string of the molecule is CCCc1noc(CCCC(=O)Nc2ccc(SC(C)CC)cc2C)n1. The molecule has 1 heterocycles. The number of rotatable bonds is 10. The lowest BCUT2D eigenvalue weighted by Crippen LogP contribution is -2.12. The Balaban J connectivity index is 1.79. The fourth-order valence-electron chi connectivity index (χ4n) is 2.50. The van der Waals surface area contributed by atoms with Gasteiger partial charge in [-0.15, -0.1) is 11.8 Å². The topological polar surface area (TPSA) is 68.0 Å². The van der Waals surface area contributed by atoms with Gasteiger partial charge < -0.3 is 9.84 Å². The first kappa shape index (κ1) is 20.5. The Labute approximate surface area is 160 Å². The number of nitrogens with zero attached hydrogens (tertiary/aromatic N) is 2. The van der Waals surface area contributed by atoms with Crippen molar-refractivity contribution in [3.05, 3.63) is 35.5 Å². The van der Waals surface area contributed by atoms with Crippen LogP contribution in [0.25, 0.3) is 0 Å². The summed E-state index contributed by atoms with van der Waals surface area (Å²) in [6, 6.07) is 6.21. The number of aryl methyl sites for hydroxylation is 3. The Morgan fingerprint density at radius 3 is 2.81 bits per heavy atom. The molecule has 26 heavy (non-hydrogen) atoms. The number of anilines is 1. The third kappa shape index (κ3) is 6.48. The lowest BCUT2D eigenvalue weighted by atomic mass is 10.2. The minimum Gasteiger partial charge on any atom is -0.339 e. The maximum absolute atomic E-state index is 12.2. The summed E-state index contributed by atoms with van der Waals surface area (Å²) in [6.07, 6.45) is 4.73. The summed E-state index contributed by atoms with van der Waals surface area (Å²) in [5.41, 5.74) is 1.97. The van der Waals surface area contributed by atoms with Gasteiger partial charge in [-0.1, -0.05) is 25.9 Å². The third-order valence-electron chi connectivity index (χ3n) is 4.16. The van der Waals surface area contributed by atoms with E-state index in [1.165, 1.54) is 4.90 Å². The fourth-order valence-corrected chi connectivity index (χ4v) is 3.52. The van der Waals surface area contributed by atoms with Crippen molar-refractivity contribution in [2.75, 3.05) is 5.32 Å². The van der Waals surface area contributed by atoms with Gasteiger partial charge in [-0.05, 0) is 49.9 Å². The molecule has 0 radical (unpaired) electrons. The van der Waals surface area contributed by atoms with Crippen LogP contribution in [0.4, 0.5) is 5.69 Å². The van der Waals surface area contributed by atoms with Gasteiger partial charge in [0.25, 0.3) is 0 Å². The Morgan fingerprint density at radius 1 is 1.31 bits per heavy atom. The molecule has 0 aliphatic carbocycles. The number of carbonyl (C=O) groups is 1. The molecule has 0 bridgehead atoms. The second-order valence-electron chi connectivity index (χ2n) is 6.57. The molecule has 0 aliphatic rings. The molecule has 0 aliphatic heterocycles. The highest BCUT2D eigenvalue weighted by Crippen LogP contribution is 2.28. The fraction of sp³-hybridized carbons (Fsp3) is 0.550. The summed E-state index contributed by atoms with van der Waals surface area (Å²) in [4.78, 5) is 17.8. The van der Waals surface area contributed by atoms with E-state index in [-0.39, 0.29) is 5.91 Å². The van der Waals surface area contributed by atoms with Crippen molar-refractivity contribution in [2.45, 2.75) is 76.4 Å². The minimum absolute atomic E-state index is 0.0173. The number of aromatic nitrogens is 2. The number of carbonyl (C=O) groups excluding carboxylic acids is 1. The molecule has 2 rings (SSSR count). The molecule has 1 aromatic carbocycles. The van der Waals surface area contributed by atoms with Crippen molar-refractivity contribution >= 4 is 23.4 Å². The predicted molar refractivity (Wildman–Crippen MR) is 107 cm³/mol.